The van der Waals surface area contributed by atoms with Gasteiger partial charge in [-0.2, -0.15) is 4.31 Å². The summed E-state index contributed by atoms with van der Waals surface area (Å²) in [6, 6.07) is 15.0. The lowest BCUT2D eigenvalue weighted by molar-refractivity contribution is 0.0758. The fraction of sp³-hybridized carbons (Fsp3) is 0.211. The molecule has 0 N–H and O–H groups in total. The second-order valence-corrected chi connectivity index (χ2v) is 7.75. The molecule has 2 aromatic carbocycles. The number of ether oxygens (including phenoxy) is 1. The van der Waals surface area contributed by atoms with Crippen LogP contribution in [0.25, 0.3) is 0 Å². The lowest BCUT2D eigenvalue weighted by Gasteiger charge is -2.38. The van der Waals surface area contributed by atoms with Crippen LogP contribution in [0.1, 0.15) is 17.0 Å². The molecule has 2 aromatic rings. The van der Waals surface area contributed by atoms with Gasteiger partial charge in [0.2, 0.25) is 0 Å². The van der Waals surface area contributed by atoms with E-state index in [1.54, 1.807) is 12.1 Å². The van der Waals surface area contributed by atoms with Crippen LogP contribution in [0.5, 0.6) is 0 Å². The molecule has 130 valence electrons. The smallest absolute Gasteiger partial charge is 0.424 e. The van der Waals surface area contributed by atoms with Crippen LogP contribution in [0.3, 0.4) is 0 Å². The maximum atomic E-state index is 13.0. The van der Waals surface area contributed by atoms with Gasteiger partial charge in [-0.15, -0.1) is 6.58 Å². The third-order valence-electron chi connectivity index (χ3n) is 4.30. The third-order valence-corrected chi connectivity index (χ3v) is 6.07. The third kappa shape index (κ3) is 3.17. The Morgan fingerprint density at radius 1 is 1.12 bits per heavy atom. The Morgan fingerprint density at radius 2 is 1.76 bits per heavy atom. The van der Waals surface area contributed by atoms with Gasteiger partial charge in [0.25, 0.3) is 10.0 Å². The lowest BCUT2D eigenvalue weighted by Crippen LogP contribution is -2.51. The summed E-state index contributed by atoms with van der Waals surface area (Å²) in [4.78, 5) is 12.4. The molecule has 0 unspecified atom stereocenters. The van der Waals surface area contributed by atoms with E-state index >= 15 is 0 Å². The van der Waals surface area contributed by atoms with Gasteiger partial charge in [0.1, 0.15) is 6.61 Å². The van der Waals surface area contributed by atoms with Gasteiger partial charge in [-0.05, 0) is 24.6 Å². The van der Waals surface area contributed by atoms with E-state index < -0.39 is 22.2 Å². The number of benzene rings is 2. The van der Waals surface area contributed by atoms with Crippen molar-refractivity contribution in [3.05, 3.63) is 78.4 Å². The normalized spacial score (nSPS) is 20.8. The molecule has 1 heterocycles. The number of rotatable bonds is 4. The van der Waals surface area contributed by atoms with E-state index in [-0.39, 0.29) is 17.4 Å². The highest BCUT2D eigenvalue weighted by molar-refractivity contribution is 7.89. The van der Waals surface area contributed by atoms with Gasteiger partial charge in [-0.1, -0.05) is 54.1 Å². The molecule has 25 heavy (non-hydrogen) atoms. The van der Waals surface area contributed by atoms with E-state index in [1.807, 2.05) is 37.3 Å². The van der Waals surface area contributed by atoms with E-state index in [4.69, 9.17) is 4.74 Å². The standard InChI is InChI=1S/C19H19NO4S/c1-3-18-17(15-7-5-4-6-8-15)13-24-19(21)20(18)25(22,23)16-11-9-14(2)10-12-16/h3-12,17-18H,1,13H2,2H3/t17-,18-/m0/s1. The van der Waals surface area contributed by atoms with Crippen LogP contribution < -0.4 is 0 Å². The van der Waals surface area contributed by atoms with Crippen molar-refractivity contribution < 1.29 is 17.9 Å². The molecule has 0 aromatic heterocycles. The molecule has 6 heteroatoms. The zero-order valence-corrected chi connectivity index (χ0v) is 14.6. The van der Waals surface area contributed by atoms with E-state index in [9.17, 15) is 13.2 Å². The molecular weight excluding hydrogens is 338 g/mol. The fourth-order valence-electron chi connectivity index (χ4n) is 2.94. The summed E-state index contributed by atoms with van der Waals surface area (Å²) in [7, 11) is -4.04. The zero-order chi connectivity index (χ0) is 18.0. The Morgan fingerprint density at radius 3 is 2.36 bits per heavy atom. The highest BCUT2D eigenvalue weighted by atomic mass is 32.2. The van der Waals surface area contributed by atoms with Crippen molar-refractivity contribution in [2.24, 2.45) is 0 Å². The van der Waals surface area contributed by atoms with Crippen molar-refractivity contribution in [1.82, 2.24) is 4.31 Å². The van der Waals surface area contributed by atoms with Crippen molar-refractivity contribution in [1.29, 1.82) is 0 Å². The predicted octanol–water partition coefficient (Wildman–Crippen LogP) is 3.47. The van der Waals surface area contributed by atoms with E-state index in [2.05, 4.69) is 6.58 Å². The minimum absolute atomic E-state index is 0.0515. The number of carbonyl (C=O) groups is 1. The summed E-state index contributed by atoms with van der Waals surface area (Å²) in [5.74, 6) is -0.309. The Bertz CT molecular complexity index is 875. The van der Waals surface area contributed by atoms with E-state index in [0.29, 0.717) is 0 Å². The van der Waals surface area contributed by atoms with Crippen LogP contribution in [-0.4, -0.2) is 31.5 Å². The van der Waals surface area contributed by atoms with Gasteiger partial charge in [0, 0.05) is 5.92 Å². The molecule has 1 amide bonds. The molecule has 0 saturated carbocycles. The van der Waals surface area contributed by atoms with E-state index in [0.717, 1.165) is 15.4 Å². The van der Waals surface area contributed by atoms with Crippen molar-refractivity contribution >= 4 is 16.1 Å². The topological polar surface area (TPSA) is 63.7 Å². The molecular formula is C19H19NO4S. The molecule has 0 aliphatic carbocycles. The number of sulfonamides is 1. The molecule has 0 bridgehead atoms. The Balaban J connectivity index is 2.04. The fourth-order valence-corrected chi connectivity index (χ4v) is 4.45. The van der Waals surface area contributed by atoms with Crippen LogP contribution in [0.2, 0.25) is 0 Å². The van der Waals surface area contributed by atoms with Gasteiger partial charge >= 0.3 is 6.09 Å². The average molecular weight is 357 g/mol. The van der Waals surface area contributed by atoms with Crippen molar-refractivity contribution in [2.45, 2.75) is 23.8 Å². The monoisotopic (exact) mass is 357 g/mol. The second kappa shape index (κ2) is 6.72. The van der Waals surface area contributed by atoms with Crippen LogP contribution in [-0.2, 0) is 14.8 Å². The summed E-state index contributed by atoms with van der Waals surface area (Å²) >= 11 is 0. The van der Waals surface area contributed by atoms with Crippen molar-refractivity contribution in [3.8, 4) is 0 Å². The molecule has 1 fully saturated rings. The van der Waals surface area contributed by atoms with Crippen LogP contribution in [0.15, 0.2) is 72.1 Å². The van der Waals surface area contributed by atoms with Gasteiger partial charge in [-0.3, -0.25) is 0 Å². The van der Waals surface area contributed by atoms with Gasteiger partial charge in [0.05, 0.1) is 10.9 Å². The molecule has 0 spiro atoms. The van der Waals surface area contributed by atoms with Crippen LogP contribution in [0.4, 0.5) is 4.79 Å². The molecule has 3 rings (SSSR count). The maximum absolute atomic E-state index is 13.0. The number of hydrogen-bond donors (Lipinski definition) is 0. The predicted molar refractivity (Wildman–Crippen MR) is 94.7 cm³/mol. The number of aryl methyl sites for hydroxylation is 1. The van der Waals surface area contributed by atoms with Gasteiger partial charge in [0.15, 0.2) is 0 Å². The zero-order valence-electron chi connectivity index (χ0n) is 13.8. The van der Waals surface area contributed by atoms with E-state index in [1.165, 1.54) is 18.2 Å². The number of cyclic esters (lactones) is 1. The second-order valence-electron chi connectivity index (χ2n) is 5.93. The summed E-state index contributed by atoms with van der Waals surface area (Å²) in [6.45, 7) is 5.73. The maximum Gasteiger partial charge on any atom is 0.424 e. The highest BCUT2D eigenvalue weighted by Crippen LogP contribution is 2.33. The summed E-state index contributed by atoms with van der Waals surface area (Å²) < 4.78 is 32.0. The minimum atomic E-state index is -4.04. The summed E-state index contributed by atoms with van der Waals surface area (Å²) in [5, 5.41) is 0. The Kier molecular flexibility index (Phi) is 4.63. The molecule has 1 aliphatic rings. The summed E-state index contributed by atoms with van der Waals surface area (Å²) in [5.41, 5.74) is 1.83. The Hall–Kier alpha value is -2.60. The summed E-state index contributed by atoms with van der Waals surface area (Å²) in [6.07, 6.45) is 0.613. The first-order valence-corrected chi connectivity index (χ1v) is 9.34. The molecule has 2 atom stereocenters. The SMILES string of the molecule is C=C[C@H]1[C@H](c2ccccc2)COC(=O)N1S(=O)(=O)c1ccc(C)cc1. The number of hydrogen-bond acceptors (Lipinski definition) is 4. The van der Waals surface area contributed by atoms with Gasteiger partial charge < -0.3 is 4.74 Å². The van der Waals surface area contributed by atoms with Crippen LogP contribution in [0, 0.1) is 6.92 Å². The minimum Gasteiger partial charge on any atom is -0.448 e. The first-order chi connectivity index (χ1) is 11.9. The molecule has 0 radical (unpaired) electrons. The first kappa shape index (κ1) is 17.2. The number of carbonyl (C=O) groups excluding carboxylic acids is 1. The number of nitrogens with zero attached hydrogens (tertiary/aromatic N) is 1. The van der Waals surface area contributed by atoms with Crippen molar-refractivity contribution in [3.63, 3.8) is 0 Å². The van der Waals surface area contributed by atoms with Gasteiger partial charge in [-0.25, -0.2) is 13.2 Å². The van der Waals surface area contributed by atoms with Crippen molar-refractivity contribution in [2.75, 3.05) is 6.61 Å². The molecule has 1 aliphatic heterocycles. The first-order valence-electron chi connectivity index (χ1n) is 7.90. The highest BCUT2D eigenvalue weighted by Gasteiger charge is 2.44. The largest absolute Gasteiger partial charge is 0.448 e. The molecule has 5 nitrogen and oxygen atoms in total. The average Bonchev–Trinajstić information content (AvgIpc) is 2.62. The quantitative estimate of drug-likeness (QED) is 0.786. The number of amides is 1. The molecule has 1 saturated heterocycles. The Labute approximate surface area is 147 Å². The lowest BCUT2D eigenvalue weighted by atomic mass is 9.91. The van der Waals surface area contributed by atoms with Crippen LogP contribution >= 0.6 is 0 Å².